The number of carbonyl (C=O) groups excluding carboxylic acids is 2. The van der Waals surface area contributed by atoms with Crippen LogP contribution in [0.5, 0.6) is 5.75 Å². The van der Waals surface area contributed by atoms with E-state index in [1.165, 1.54) is 34.4 Å². The number of carbonyl (C=O) groups is 2. The van der Waals surface area contributed by atoms with Gasteiger partial charge in [-0.3, -0.25) is 19.0 Å². The van der Waals surface area contributed by atoms with Crippen molar-refractivity contribution in [1.82, 2.24) is 19.8 Å². The number of nitrogens with one attached hydrogen (secondary N) is 1. The number of aryl methyl sites for hydroxylation is 1. The fourth-order valence-corrected chi connectivity index (χ4v) is 7.00. The first-order chi connectivity index (χ1) is 18.2. The Morgan fingerprint density at radius 1 is 1.21 bits per heavy atom. The number of rotatable bonds is 9. The number of benzene rings is 1. The molecule has 2 amide bonds. The van der Waals surface area contributed by atoms with Crippen LogP contribution in [-0.4, -0.2) is 58.8 Å². The van der Waals surface area contributed by atoms with Crippen molar-refractivity contribution < 1.29 is 14.3 Å². The standard InChI is InChI=1S/C28H36N4O4S2/c1-6-21(24(33)29-19-10-8-7-9-11-19)37-28-30-25-22(17(2)23(38-25)27(35)31(3)4)26(34)32(28)16-18-12-14-20(36-5)15-13-18/h12-15,19,21H,6-11,16H2,1-5H3,(H,29,33)/t21-/m1/s1. The number of aromatic nitrogens is 2. The summed E-state index contributed by atoms with van der Waals surface area (Å²) >= 11 is 2.56. The van der Waals surface area contributed by atoms with Gasteiger partial charge in [0.25, 0.3) is 11.5 Å². The van der Waals surface area contributed by atoms with Gasteiger partial charge in [0.05, 0.1) is 29.2 Å². The average Bonchev–Trinajstić information content (AvgIpc) is 3.25. The molecule has 0 bridgehead atoms. The second-order valence-corrected chi connectivity index (χ2v) is 12.1. The lowest BCUT2D eigenvalue weighted by atomic mass is 9.95. The minimum Gasteiger partial charge on any atom is -0.497 e. The summed E-state index contributed by atoms with van der Waals surface area (Å²) in [6.07, 6.45) is 6.12. The predicted molar refractivity (Wildman–Crippen MR) is 154 cm³/mol. The van der Waals surface area contributed by atoms with Gasteiger partial charge in [0.15, 0.2) is 5.16 Å². The Kier molecular flexibility index (Phi) is 9.15. The first-order valence-corrected chi connectivity index (χ1v) is 14.8. The third kappa shape index (κ3) is 6.07. The summed E-state index contributed by atoms with van der Waals surface area (Å²) in [7, 11) is 5.00. The van der Waals surface area contributed by atoms with Gasteiger partial charge in [-0.1, -0.05) is 50.1 Å². The lowest BCUT2D eigenvalue weighted by molar-refractivity contribution is -0.121. The molecule has 0 saturated heterocycles. The summed E-state index contributed by atoms with van der Waals surface area (Å²) in [4.78, 5) is 47.4. The highest BCUT2D eigenvalue weighted by Gasteiger charge is 2.27. The first kappa shape index (κ1) is 28.2. The van der Waals surface area contributed by atoms with Crippen molar-refractivity contribution in [2.45, 2.75) is 75.4 Å². The molecule has 3 aromatic rings. The zero-order valence-corrected chi connectivity index (χ0v) is 24.3. The molecule has 1 aromatic carbocycles. The van der Waals surface area contributed by atoms with E-state index in [1.807, 2.05) is 31.2 Å². The summed E-state index contributed by atoms with van der Waals surface area (Å²) in [5.41, 5.74) is 1.35. The van der Waals surface area contributed by atoms with Gasteiger partial charge < -0.3 is 15.0 Å². The van der Waals surface area contributed by atoms with Crippen LogP contribution in [0.2, 0.25) is 0 Å². The van der Waals surface area contributed by atoms with E-state index in [-0.39, 0.29) is 28.7 Å². The fraction of sp³-hybridized carbons (Fsp3) is 0.500. The van der Waals surface area contributed by atoms with Crippen molar-refractivity contribution in [3.63, 3.8) is 0 Å². The highest BCUT2D eigenvalue weighted by atomic mass is 32.2. The molecule has 1 aliphatic rings. The van der Waals surface area contributed by atoms with E-state index in [1.54, 1.807) is 32.7 Å². The Morgan fingerprint density at radius 2 is 1.89 bits per heavy atom. The van der Waals surface area contributed by atoms with E-state index < -0.39 is 0 Å². The summed E-state index contributed by atoms with van der Waals surface area (Å²) in [6, 6.07) is 7.75. The summed E-state index contributed by atoms with van der Waals surface area (Å²) in [5.74, 6) is 0.565. The molecule has 1 atom stereocenters. The van der Waals surface area contributed by atoms with Gasteiger partial charge in [0.2, 0.25) is 5.91 Å². The van der Waals surface area contributed by atoms with E-state index in [9.17, 15) is 14.4 Å². The van der Waals surface area contributed by atoms with Crippen LogP contribution in [-0.2, 0) is 11.3 Å². The molecule has 204 valence electrons. The van der Waals surface area contributed by atoms with Gasteiger partial charge in [-0.2, -0.15) is 0 Å². The molecule has 1 fully saturated rings. The molecule has 38 heavy (non-hydrogen) atoms. The van der Waals surface area contributed by atoms with Crippen molar-refractivity contribution in [2.75, 3.05) is 21.2 Å². The van der Waals surface area contributed by atoms with Gasteiger partial charge in [-0.15, -0.1) is 11.3 Å². The lowest BCUT2D eigenvalue weighted by Crippen LogP contribution is -2.41. The SMILES string of the molecule is CC[C@@H](Sc1nc2sc(C(=O)N(C)C)c(C)c2c(=O)n1Cc1ccc(OC)cc1)C(=O)NC1CCCCC1. The first-order valence-electron chi connectivity index (χ1n) is 13.1. The number of methoxy groups -OCH3 is 1. The number of nitrogens with zero attached hydrogens (tertiary/aromatic N) is 3. The molecular formula is C28H36N4O4S2. The Hall–Kier alpha value is -2.85. The molecule has 2 heterocycles. The highest BCUT2D eigenvalue weighted by molar-refractivity contribution is 8.00. The molecule has 10 heteroatoms. The van der Waals surface area contributed by atoms with E-state index >= 15 is 0 Å². The second kappa shape index (κ2) is 12.3. The molecule has 2 aromatic heterocycles. The summed E-state index contributed by atoms with van der Waals surface area (Å²) in [5, 5.41) is 3.78. The number of hydrogen-bond donors (Lipinski definition) is 1. The van der Waals surface area contributed by atoms with Crippen molar-refractivity contribution in [1.29, 1.82) is 0 Å². The number of amides is 2. The molecule has 1 aliphatic carbocycles. The molecular weight excluding hydrogens is 520 g/mol. The zero-order valence-electron chi connectivity index (χ0n) is 22.7. The fourth-order valence-electron chi connectivity index (χ4n) is 4.74. The van der Waals surface area contributed by atoms with Crippen LogP contribution in [0.3, 0.4) is 0 Å². The molecule has 1 N–H and O–H groups in total. The Bertz CT molecular complexity index is 1360. The second-order valence-electron chi connectivity index (χ2n) is 9.93. The van der Waals surface area contributed by atoms with Gasteiger partial charge in [-0.25, -0.2) is 4.98 Å². The van der Waals surface area contributed by atoms with E-state index in [2.05, 4.69) is 5.32 Å². The molecule has 0 aliphatic heterocycles. The third-order valence-electron chi connectivity index (χ3n) is 6.98. The van der Waals surface area contributed by atoms with Gasteiger partial charge in [0.1, 0.15) is 10.6 Å². The van der Waals surface area contributed by atoms with Gasteiger partial charge >= 0.3 is 0 Å². The number of fused-ring (bicyclic) bond motifs is 1. The predicted octanol–water partition coefficient (Wildman–Crippen LogP) is 4.84. The van der Waals surface area contributed by atoms with Crippen LogP contribution in [0.4, 0.5) is 0 Å². The van der Waals surface area contributed by atoms with Crippen LogP contribution in [0.1, 0.15) is 66.2 Å². The smallest absolute Gasteiger partial charge is 0.263 e. The van der Waals surface area contributed by atoms with Crippen molar-refractivity contribution in [3.05, 3.63) is 50.6 Å². The lowest BCUT2D eigenvalue weighted by Gasteiger charge is -2.25. The minimum absolute atomic E-state index is 0.0134. The maximum atomic E-state index is 13.9. The number of thioether (sulfide) groups is 1. The van der Waals surface area contributed by atoms with Crippen molar-refractivity contribution in [3.8, 4) is 5.75 Å². The zero-order chi connectivity index (χ0) is 27.4. The van der Waals surface area contributed by atoms with Crippen LogP contribution in [0.15, 0.2) is 34.2 Å². The van der Waals surface area contributed by atoms with Crippen LogP contribution >= 0.6 is 23.1 Å². The van der Waals surface area contributed by atoms with Crippen LogP contribution in [0, 0.1) is 6.92 Å². The van der Waals surface area contributed by atoms with Crippen molar-refractivity contribution in [2.24, 2.45) is 0 Å². The van der Waals surface area contributed by atoms with Crippen LogP contribution in [0.25, 0.3) is 10.2 Å². The highest BCUT2D eigenvalue weighted by Crippen LogP contribution is 2.32. The summed E-state index contributed by atoms with van der Waals surface area (Å²) in [6.45, 7) is 4.07. The molecule has 0 radical (unpaired) electrons. The Balaban J connectivity index is 1.75. The molecule has 1 saturated carbocycles. The van der Waals surface area contributed by atoms with Gasteiger partial charge in [0, 0.05) is 20.1 Å². The largest absolute Gasteiger partial charge is 0.497 e. The normalized spacial score (nSPS) is 14.9. The maximum Gasteiger partial charge on any atom is 0.263 e. The molecule has 0 spiro atoms. The monoisotopic (exact) mass is 556 g/mol. The van der Waals surface area contributed by atoms with E-state index in [4.69, 9.17) is 9.72 Å². The van der Waals surface area contributed by atoms with Gasteiger partial charge in [-0.05, 0) is 49.4 Å². The van der Waals surface area contributed by atoms with E-state index in [0.29, 0.717) is 38.8 Å². The molecule has 8 nitrogen and oxygen atoms in total. The number of thiophene rings is 1. The number of ether oxygens (including phenoxy) is 1. The topological polar surface area (TPSA) is 93.5 Å². The Labute approximate surface area is 231 Å². The van der Waals surface area contributed by atoms with Crippen molar-refractivity contribution >= 4 is 45.1 Å². The maximum absolute atomic E-state index is 13.9. The summed E-state index contributed by atoms with van der Waals surface area (Å²) < 4.78 is 6.91. The third-order valence-corrected chi connectivity index (χ3v) is 9.51. The van der Waals surface area contributed by atoms with Crippen LogP contribution < -0.4 is 15.6 Å². The Morgan fingerprint density at radius 3 is 2.50 bits per heavy atom. The number of hydrogen-bond acceptors (Lipinski definition) is 7. The van der Waals surface area contributed by atoms with E-state index in [0.717, 1.165) is 37.0 Å². The average molecular weight is 557 g/mol. The quantitative estimate of drug-likeness (QED) is 0.299. The molecule has 4 rings (SSSR count). The molecule has 0 unspecified atom stereocenters. The minimum atomic E-state index is -0.382.